The van der Waals surface area contributed by atoms with Crippen LogP contribution in [0.3, 0.4) is 0 Å². The summed E-state index contributed by atoms with van der Waals surface area (Å²) < 4.78 is 0. The summed E-state index contributed by atoms with van der Waals surface area (Å²) in [4.78, 5) is 20.6. The first-order valence-corrected chi connectivity index (χ1v) is 6.46. The largest absolute Gasteiger partial charge is 0.512 e. The molecule has 1 unspecified atom stereocenters. The van der Waals surface area contributed by atoms with Gasteiger partial charge in [-0.1, -0.05) is 18.6 Å². The third-order valence-electron chi connectivity index (χ3n) is 2.59. The van der Waals surface area contributed by atoms with Gasteiger partial charge >= 0.3 is 0 Å². The van der Waals surface area contributed by atoms with Crippen molar-refractivity contribution in [2.45, 2.75) is 52.9 Å². The molecule has 0 heterocycles. The molecule has 1 rings (SSSR count). The summed E-state index contributed by atoms with van der Waals surface area (Å²) in [6.45, 7) is 6.10. The van der Waals surface area contributed by atoms with Crippen LogP contribution in [-0.2, 0) is 9.59 Å². The number of carbonyl (C=O) groups excluding carboxylic acids is 2. The molecule has 0 aromatic heterocycles. The van der Waals surface area contributed by atoms with E-state index in [1.54, 1.807) is 0 Å². The number of allylic oxidation sites excluding steroid dienone is 4. The molecule has 0 saturated heterocycles. The SMILES string of the molecule is CC(C)=CCCC(C)C=O.O=C1C=C(O)CCC1. The predicted octanol–water partition coefficient (Wildman–Crippen LogP) is 3.75. The van der Waals surface area contributed by atoms with E-state index in [2.05, 4.69) is 19.9 Å². The molecule has 1 N–H and O–H groups in total. The zero-order valence-electron chi connectivity index (χ0n) is 11.6. The summed E-state index contributed by atoms with van der Waals surface area (Å²) in [6, 6.07) is 0. The molecule has 0 amide bonds. The summed E-state index contributed by atoms with van der Waals surface area (Å²) in [5, 5.41) is 8.72. The van der Waals surface area contributed by atoms with Crippen molar-refractivity contribution < 1.29 is 14.7 Å². The minimum Gasteiger partial charge on any atom is -0.512 e. The lowest BCUT2D eigenvalue weighted by Gasteiger charge is -2.03. The highest BCUT2D eigenvalue weighted by atomic mass is 16.3. The van der Waals surface area contributed by atoms with Crippen LogP contribution in [0.2, 0.25) is 0 Å². The van der Waals surface area contributed by atoms with E-state index < -0.39 is 0 Å². The van der Waals surface area contributed by atoms with Crippen molar-refractivity contribution in [1.29, 1.82) is 0 Å². The molecule has 0 radical (unpaired) electrons. The van der Waals surface area contributed by atoms with Crippen molar-refractivity contribution in [2.75, 3.05) is 0 Å². The predicted molar refractivity (Wildman–Crippen MR) is 73.5 cm³/mol. The van der Waals surface area contributed by atoms with Crippen molar-refractivity contribution in [3.63, 3.8) is 0 Å². The minimum absolute atomic E-state index is 0.0498. The molecule has 1 aliphatic rings. The van der Waals surface area contributed by atoms with E-state index in [0.29, 0.717) is 12.8 Å². The van der Waals surface area contributed by atoms with Gasteiger partial charge in [0.1, 0.15) is 6.29 Å². The third kappa shape index (κ3) is 9.82. The Labute approximate surface area is 110 Å². The Morgan fingerprint density at radius 2 is 2.11 bits per heavy atom. The van der Waals surface area contributed by atoms with Gasteiger partial charge < -0.3 is 9.90 Å². The van der Waals surface area contributed by atoms with Gasteiger partial charge in [-0.3, -0.25) is 4.79 Å². The average molecular weight is 252 g/mol. The molecule has 3 nitrogen and oxygen atoms in total. The van der Waals surface area contributed by atoms with Crippen LogP contribution in [0, 0.1) is 5.92 Å². The maximum atomic E-state index is 10.4. The number of hydrogen-bond acceptors (Lipinski definition) is 3. The van der Waals surface area contributed by atoms with Gasteiger partial charge in [0.2, 0.25) is 0 Å². The van der Waals surface area contributed by atoms with Crippen LogP contribution in [0.25, 0.3) is 0 Å². The van der Waals surface area contributed by atoms with Gasteiger partial charge in [-0.2, -0.15) is 0 Å². The van der Waals surface area contributed by atoms with Crippen molar-refractivity contribution in [2.24, 2.45) is 5.92 Å². The van der Waals surface area contributed by atoms with Gasteiger partial charge in [0.15, 0.2) is 5.78 Å². The monoisotopic (exact) mass is 252 g/mol. The lowest BCUT2D eigenvalue weighted by atomic mass is 10.1. The second kappa shape index (κ2) is 9.63. The molecular weight excluding hydrogens is 228 g/mol. The topological polar surface area (TPSA) is 54.4 Å². The van der Waals surface area contributed by atoms with Gasteiger partial charge in [-0.15, -0.1) is 0 Å². The van der Waals surface area contributed by atoms with Crippen molar-refractivity contribution >= 4 is 12.1 Å². The molecule has 3 heteroatoms. The van der Waals surface area contributed by atoms with E-state index in [1.807, 2.05) is 6.92 Å². The molecule has 1 aliphatic carbocycles. The Balaban J connectivity index is 0.000000327. The molecule has 0 fully saturated rings. The molecular formula is C15H24O3. The van der Waals surface area contributed by atoms with Gasteiger partial charge in [0.25, 0.3) is 0 Å². The molecule has 1 atom stereocenters. The standard InChI is InChI=1S/C9H16O.C6H8O2/c1-8(2)5-4-6-9(3)7-10;7-5-2-1-3-6(8)4-5/h5,7,9H,4,6H2,1-3H3;4,7H,1-3H2. The van der Waals surface area contributed by atoms with Crippen molar-refractivity contribution in [3.05, 3.63) is 23.5 Å². The summed E-state index contributed by atoms with van der Waals surface area (Å²) in [7, 11) is 0. The highest BCUT2D eigenvalue weighted by molar-refractivity contribution is 5.90. The second-order valence-electron chi connectivity index (χ2n) is 4.93. The molecule has 0 spiro atoms. The molecule has 0 aromatic rings. The summed E-state index contributed by atoms with van der Waals surface area (Å²) >= 11 is 0. The Hall–Kier alpha value is -1.38. The maximum absolute atomic E-state index is 10.4. The van der Waals surface area contributed by atoms with Crippen LogP contribution in [0.5, 0.6) is 0 Å². The number of ketones is 1. The zero-order chi connectivity index (χ0) is 14.0. The van der Waals surface area contributed by atoms with Gasteiger partial charge in [-0.25, -0.2) is 0 Å². The maximum Gasteiger partial charge on any atom is 0.159 e. The van der Waals surface area contributed by atoms with Gasteiger partial charge in [0, 0.05) is 24.8 Å². The third-order valence-corrected chi connectivity index (χ3v) is 2.59. The Morgan fingerprint density at radius 3 is 2.50 bits per heavy atom. The van der Waals surface area contributed by atoms with Crippen LogP contribution < -0.4 is 0 Å². The minimum atomic E-state index is 0.0498. The number of rotatable bonds is 4. The highest BCUT2D eigenvalue weighted by Crippen LogP contribution is 2.11. The number of aliphatic hydroxyl groups excluding tert-OH is 1. The summed E-state index contributed by atoms with van der Waals surface area (Å²) in [6.07, 6.45) is 8.58. The summed E-state index contributed by atoms with van der Waals surface area (Å²) in [5.74, 6) is 0.505. The van der Waals surface area contributed by atoms with E-state index in [-0.39, 0.29) is 17.5 Å². The molecule has 0 bridgehead atoms. The Morgan fingerprint density at radius 1 is 1.44 bits per heavy atom. The second-order valence-corrected chi connectivity index (χ2v) is 4.93. The number of aldehydes is 1. The molecule has 0 aliphatic heterocycles. The van der Waals surface area contributed by atoms with Gasteiger partial charge in [-0.05, 0) is 33.1 Å². The van der Waals surface area contributed by atoms with Crippen molar-refractivity contribution in [1.82, 2.24) is 0 Å². The number of hydrogen-bond donors (Lipinski definition) is 1. The van der Waals surface area contributed by atoms with E-state index in [0.717, 1.165) is 25.5 Å². The molecule has 0 saturated carbocycles. The van der Waals surface area contributed by atoms with Crippen LogP contribution >= 0.6 is 0 Å². The van der Waals surface area contributed by atoms with Crippen molar-refractivity contribution in [3.8, 4) is 0 Å². The fourth-order valence-corrected chi connectivity index (χ4v) is 1.48. The van der Waals surface area contributed by atoms with Crippen LogP contribution in [0.15, 0.2) is 23.5 Å². The number of carbonyl (C=O) groups is 2. The zero-order valence-corrected chi connectivity index (χ0v) is 11.6. The highest BCUT2D eigenvalue weighted by Gasteiger charge is 2.06. The van der Waals surface area contributed by atoms with E-state index in [9.17, 15) is 9.59 Å². The van der Waals surface area contributed by atoms with E-state index in [1.165, 1.54) is 11.6 Å². The fourth-order valence-electron chi connectivity index (χ4n) is 1.48. The molecule has 18 heavy (non-hydrogen) atoms. The number of aliphatic hydroxyl groups is 1. The van der Waals surface area contributed by atoms with E-state index in [4.69, 9.17) is 5.11 Å². The molecule has 0 aromatic carbocycles. The summed E-state index contributed by atoms with van der Waals surface area (Å²) in [5.41, 5.74) is 1.33. The Bertz CT molecular complexity index is 323. The van der Waals surface area contributed by atoms with E-state index >= 15 is 0 Å². The van der Waals surface area contributed by atoms with Gasteiger partial charge in [0.05, 0.1) is 5.76 Å². The fraction of sp³-hybridized carbons (Fsp3) is 0.600. The van der Waals surface area contributed by atoms with Crippen LogP contribution in [0.1, 0.15) is 52.9 Å². The first-order valence-electron chi connectivity index (χ1n) is 6.46. The first kappa shape index (κ1) is 16.6. The quantitative estimate of drug-likeness (QED) is 0.612. The molecule has 102 valence electrons. The first-order chi connectivity index (χ1) is 8.45. The lowest BCUT2D eigenvalue weighted by molar-refractivity contribution is -0.115. The normalized spacial score (nSPS) is 15.9. The lowest BCUT2D eigenvalue weighted by Crippen LogP contribution is -2.01. The Kier molecular flexibility index (Phi) is 8.89. The van der Waals surface area contributed by atoms with Crippen LogP contribution in [0.4, 0.5) is 0 Å². The smallest absolute Gasteiger partial charge is 0.159 e. The average Bonchev–Trinajstić information content (AvgIpc) is 2.28. The van der Waals surface area contributed by atoms with Crippen LogP contribution in [-0.4, -0.2) is 17.2 Å².